The van der Waals surface area contributed by atoms with Gasteiger partial charge in [0.25, 0.3) is 11.8 Å². The number of benzene rings is 3. The fourth-order valence-corrected chi connectivity index (χ4v) is 4.52. The van der Waals surface area contributed by atoms with E-state index in [0.717, 1.165) is 16.8 Å². The second-order valence-electron chi connectivity index (χ2n) is 9.03. The molecule has 0 unspecified atom stereocenters. The number of nitrogens with one attached hydrogen (secondary N) is 1. The Bertz CT molecular complexity index is 1440. The molecule has 7 nitrogen and oxygen atoms in total. The summed E-state index contributed by atoms with van der Waals surface area (Å²) in [5.41, 5.74) is 4.72. The Morgan fingerprint density at radius 1 is 0.919 bits per heavy atom. The van der Waals surface area contributed by atoms with Crippen LogP contribution in [-0.2, 0) is 0 Å². The molecule has 5 rings (SSSR count). The highest BCUT2D eigenvalue weighted by Gasteiger charge is 2.27. The predicted octanol–water partition coefficient (Wildman–Crippen LogP) is 5.31. The van der Waals surface area contributed by atoms with Gasteiger partial charge in [-0.3, -0.25) is 9.59 Å². The van der Waals surface area contributed by atoms with Gasteiger partial charge in [-0.05, 0) is 61.4 Å². The molecule has 0 aliphatic carbocycles. The normalized spacial score (nSPS) is 13.5. The van der Waals surface area contributed by atoms with Crippen LogP contribution in [0.2, 0.25) is 0 Å². The molecule has 1 saturated heterocycles. The van der Waals surface area contributed by atoms with Gasteiger partial charge >= 0.3 is 0 Å². The van der Waals surface area contributed by atoms with Crippen molar-refractivity contribution in [2.24, 2.45) is 0 Å². The molecule has 8 heteroatoms. The second-order valence-corrected chi connectivity index (χ2v) is 9.03. The largest absolute Gasteiger partial charge is 0.443 e. The van der Waals surface area contributed by atoms with Gasteiger partial charge in [-0.1, -0.05) is 30.3 Å². The molecule has 1 fully saturated rings. The number of aryl methyl sites for hydroxylation is 1. The zero-order chi connectivity index (χ0) is 25.9. The van der Waals surface area contributed by atoms with Crippen LogP contribution in [0.3, 0.4) is 0 Å². The Labute approximate surface area is 214 Å². The third kappa shape index (κ3) is 4.95. The van der Waals surface area contributed by atoms with Crippen LogP contribution in [0.1, 0.15) is 32.0 Å². The minimum Gasteiger partial charge on any atom is -0.443 e. The van der Waals surface area contributed by atoms with Gasteiger partial charge in [0.2, 0.25) is 0 Å². The molecule has 1 aromatic heterocycles. The molecule has 1 aliphatic heterocycles. The van der Waals surface area contributed by atoms with Crippen molar-refractivity contribution in [2.75, 3.05) is 36.4 Å². The maximum Gasteiger partial charge on any atom is 0.278 e. The molecule has 0 bridgehead atoms. The summed E-state index contributed by atoms with van der Waals surface area (Å²) < 4.78 is 18.9. The zero-order valence-electron chi connectivity index (χ0n) is 20.7. The topological polar surface area (TPSA) is 78.7 Å². The molecule has 188 valence electrons. The SMILES string of the molecule is Cc1cccc(NC(=O)c2ncoc2-c2ccccc2C(=O)N2CCN(c3ccc(F)cc3)CC2)c1C. The molecule has 0 spiro atoms. The average Bonchev–Trinajstić information content (AvgIpc) is 3.42. The van der Waals surface area contributed by atoms with E-state index in [1.807, 2.05) is 32.0 Å². The maximum absolute atomic E-state index is 13.6. The minimum absolute atomic E-state index is 0.113. The lowest BCUT2D eigenvalue weighted by atomic mass is 10.0. The van der Waals surface area contributed by atoms with E-state index in [1.165, 1.54) is 18.5 Å². The summed E-state index contributed by atoms with van der Waals surface area (Å²) in [6.45, 7) is 6.21. The van der Waals surface area contributed by atoms with Crippen molar-refractivity contribution < 1.29 is 18.4 Å². The Kier molecular flexibility index (Phi) is 6.72. The molecule has 1 N–H and O–H groups in total. The Morgan fingerprint density at radius 3 is 2.41 bits per heavy atom. The van der Waals surface area contributed by atoms with Crippen molar-refractivity contribution in [2.45, 2.75) is 13.8 Å². The van der Waals surface area contributed by atoms with E-state index >= 15 is 0 Å². The zero-order valence-corrected chi connectivity index (χ0v) is 20.7. The summed E-state index contributed by atoms with van der Waals surface area (Å²) in [6, 6.07) is 19.2. The van der Waals surface area contributed by atoms with Crippen LogP contribution in [0.5, 0.6) is 0 Å². The number of carbonyl (C=O) groups excluding carboxylic acids is 2. The summed E-state index contributed by atoms with van der Waals surface area (Å²) in [5, 5.41) is 2.91. The van der Waals surface area contributed by atoms with Crippen molar-refractivity contribution in [3.8, 4) is 11.3 Å². The first-order chi connectivity index (χ1) is 17.9. The molecule has 1 aliphatic rings. The van der Waals surface area contributed by atoms with Crippen LogP contribution >= 0.6 is 0 Å². The monoisotopic (exact) mass is 498 g/mol. The molecule has 0 saturated carbocycles. The number of amides is 2. The number of rotatable bonds is 5. The van der Waals surface area contributed by atoms with Crippen LogP contribution in [0, 0.1) is 19.7 Å². The first-order valence-electron chi connectivity index (χ1n) is 12.1. The first-order valence-corrected chi connectivity index (χ1v) is 12.1. The highest BCUT2D eigenvalue weighted by atomic mass is 19.1. The van der Waals surface area contributed by atoms with E-state index in [0.29, 0.717) is 43.0 Å². The Balaban J connectivity index is 1.35. The standard InChI is InChI=1S/C29H27FN4O3/c1-19-6-5-9-25(20(19)2)32-28(35)26-27(37-18-31-26)23-7-3-4-8-24(23)29(36)34-16-14-33(15-17-34)22-12-10-21(30)11-13-22/h3-13,18H,14-17H2,1-2H3,(H,32,35). The number of hydrogen-bond acceptors (Lipinski definition) is 5. The van der Waals surface area contributed by atoms with E-state index in [4.69, 9.17) is 4.42 Å². The van der Waals surface area contributed by atoms with Crippen LogP contribution in [-0.4, -0.2) is 47.9 Å². The van der Waals surface area contributed by atoms with Crippen LogP contribution < -0.4 is 10.2 Å². The summed E-state index contributed by atoms with van der Waals surface area (Å²) >= 11 is 0. The van der Waals surface area contributed by atoms with Gasteiger partial charge in [0.1, 0.15) is 5.82 Å². The summed E-state index contributed by atoms with van der Waals surface area (Å²) in [7, 11) is 0. The van der Waals surface area contributed by atoms with Crippen molar-refractivity contribution in [3.05, 3.63) is 101 Å². The van der Waals surface area contributed by atoms with Gasteiger partial charge in [-0.25, -0.2) is 9.37 Å². The van der Waals surface area contributed by atoms with E-state index in [1.54, 1.807) is 41.3 Å². The molecule has 0 radical (unpaired) electrons. The number of carbonyl (C=O) groups is 2. The molecule has 4 aromatic rings. The Hall–Kier alpha value is -4.46. The fraction of sp³-hybridized carbons (Fsp3) is 0.207. The Morgan fingerprint density at radius 2 is 1.65 bits per heavy atom. The van der Waals surface area contributed by atoms with E-state index < -0.39 is 5.91 Å². The van der Waals surface area contributed by atoms with E-state index in [-0.39, 0.29) is 23.2 Å². The number of halogens is 1. The lowest BCUT2D eigenvalue weighted by Gasteiger charge is -2.36. The highest BCUT2D eigenvalue weighted by Crippen LogP contribution is 2.29. The van der Waals surface area contributed by atoms with Crippen LogP contribution in [0.15, 0.2) is 77.5 Å². The molecule has 0 atom stereocenters. The number of nitrogens with zero attached hydrogens (tertiary/aromatic N) is 3. The third-order valence-electron chi connectivity index (χ3n) is 6.80. The van der Waals surface area contributed by atoms with Gasteiger partial charge < -0.3 is 19.5 Å². The van der Waals surface area contributed by atoms with Gasteiger partial charge in [-0.2, -0.15) is 0 Å². The number of piperazine rings is 1. The lowest BCUT2D eigenvalue weighted by Crippen LogP contribution is -2.48. The van der Waals surface area contributed by atoms with Gasteiger partial charge in [0.05, 0.1) is 5.56 Å². The molecular formula is C29H27FN4O3. The minimum atomic E-state index is -0.410. The van der Waals surface area contributed by atoms with Gasteiger partial charge in [0, 0.05) is 43.1 Å². The van der Waals surface area contributed by atoms with E-state index in [2.05, 4.69) is 15.2 Å². The molecule has 2 amide bonds. The van der Waals surface area contributed by atoms with E-state index in [9.17, 15) is 14.0 Å². The molecule has 2 heterocycles. The quantitative estimate of drug-likeness (QED) is 0.403. The molecule has 3 aromatic carbocycles. The maximum atomic E-state index is 13.6. The molecular weight excluding hydrogens is 471 g/mol. The van der Waals surface area contributed by atoms with Gasteiger partial charge in [-0.15, -0.1) is 0 Å². The number of aromatic nitrogens is 1. The fourth-order valence-electron chi connectivity index (χ4n) is 4.52. The first kappa shape index (κ1) is 24.2. The number of anilines is 2. The molecule has 37 heavy (non-hydrogen) atoms. The second kappa shape index (κ2) is 10.3. The summed E-state index contributed by atoms with van der Waals surface area (Å²) in [4.78, 5) is 34.8. The highest BCUT2D eigenvalue weighted by molar-refractivity contribution is 6.09. The van der Waals surface area contributed by atoms with Crippen molar-refractivity contribution in [3.63, 3.8) is 0 Å². The predicted molar refractivity (Wildman–Crippen MR) is 140 cm³/mol. The van der Waals surface area contributed by atoms with Crippen LogP contribution in [0.4, 0.5) is 15.8 Å². The van der Waals surface area contributed by atoms with Gasteiger partial charge in [0.15, 0.2) is 17.8 Å². The lowest BCUT2D eigenvalue weighted by molar-refractivity contribution is 0.0747. The smallest absolute Gasteiger partial charge is 0.278 e. The van der Waals surface area contributed by atoms with Crippen molar-refractivity contribution in [1.82, 2.24) is 9.88 Å². The summed E-state index contributed by atoms with van der Waals surface area (Å²) in [5.74, 6) is -0.584. The number of hydrogen-bond donors (Lipinski definition) is 1. The van der Waals surface area contributed by atoms with Crippen LogP contribution in [0.25, 0.3) is 11.3 Å². The van der Waals surface area contributed by atoms with Crippen molar-refractivity contribution in [1.29, 1.82) is 0 Å². The summed E-state index contributed by atoms with van der Waals surface area (Å²) in [6.07, 6.45) is 1.22. The third-order valence-corrected chi connectivity index (χ3v) is 6.80. The average molecular weight is 499 g/mol. The number of oxazole rings is 1. The van der Waals surface area contributed by atoms with Crippen molar-refractivity contribution >= 4 is 23.2 Å².